The molecule has 0 aliphatic heterocycles. The van der Waals surface area contributed by atoms with Gasteiger partial charge in [0.05, 0.1) is 12.4 Å². The SMILES string of the molecule is CCCC(NS(=O)(=O)CCOC)C(=O)O. The molecule has 0 aromatic heterocycles. The van der Waals surface area contributed by atoms with Crippen molar-refractivity contribution in [2.45, 2.75) is 25.8 Å². The molecule has 0 aliphatic rings. The molecule has 1 unspecified atom stereocenters. The average molecular weight is 239 g/mol. The maximum absolute atomic E-state index is 11.3. The van der Waals surface area contributed by atoms with E-state index in [9.17, 15) is 13.2 Å². The third-order valence-electron chi connectivity index (χ3n) is 1.75. The van der Waals surface area contributed by atoms with Crippen molar-refractivity contribution in [3.05, 3.63) is 0 Å². The minimum Gasteiger partial charge on any atom is -0.480 e. The Morgan fingerprint density at radius 3 is 2.53 bits per heavy atom. The Bertz CT molecular complexity index is 287. The highest BCUT2D eigenvalue weighted by atomic mass is 32.2. The summed E-state index contributed by atoms with van der Waals surface area (Å²) in [5, 5.41) is 8.73. The molecule has 0 aromatic carbocycles. The van der Waals surface area contributed by atoms with Crippen LogP contribution in [0.2, 0.25) is 0 Å². The van der Waals surface area contributed by atoms with E-state index in [1.54, 1.807) is 6.92 Å². The van der Waals surface area contributed by atoms with E-state index in [-0.39, 0.29) is 18.8 Å². The van der Waals surface area contributed by atoms with Crippen molar-refractivity contribution in [3.8, 4) is 0 Å². The van der Waals surface area contributed by atoms with E-state index < -0.39 is 22.0 Å². The number of methoxy groups -OCH3 is 1. The standard InChI is InChI=1S/C8H17NO5S/c1-3-4-7(8(10)11)9-15(12,13)6-5-14-2/h7,9H,3-6H2,1-2H3,(H,10,11). The van der Waals surface area contributed by atoms with E-state index in [0.717, 1.165) is 0 Å². The van der Waals surface area contributed by atoms with Gasteiger partial charge in [-0.05, 0) is 6.42 Å². The van der Waals surface area contributed by atoms with E-state index in [0.29, 0.717) is 6.42 Å². The number of rotatable bonds is 8. The molecule has 0 amide bonds. The van der Waals surface area contributed by atoms with Gasteiger partial charge in [0.15, 0.2) is 0 Å². The normalized spacial score (nSPS) is 13.7. The molecule has 90 valence electrons. The molecule has 1 atom stereocenters. The second kappa shape index (κ2) is 6.76. The fourth-order valence-corrected chi connectivity index (χ4v) is 2.15. The van der Waals surface area contributed by atoms with Gasteiger partial charge in [0, 0.05) is 7.11 Å². The van der Waals surface area contributed by atoms with E-state index in [4.69, 9.17) is 5.11 Å². The van der Waals surface area contributed by atoms with Gasteiger partial charge in [0.25, 0.3) is 0 Å². The zero-order valence-corrected chi connectivity index (χ0v) is 9.71. The summed E-state index contributed by atoms with van der Waals surface area (Å²) in [5.74, 6) is -1.38. The number of carbonyl (C=O) groups is 1. The highest BCUT2D eigenvalue weighted by Gasteiger charge is 2.22. The van der Waals surface area contributed by atoms with Crippen LogP contribution in [0, 0.1) is 0 Å². The zero-order valence-electron chi connectivity index (χ0n) is 8.89. The molecular weight excluding hydrogens is 222 g/mol. The Morgan fingerprint density at radius 1 is 1.53 bits per heavy atom. The lowest BCUT2D eigenvalue weighted by Gasteiger charge is -2.13. The number of aliphatic carboxylic acids is 1. The predicted octanol–water partition coefficient (Wildman–Crippen LogP) is -0.194. The van der Waals surface area contributed by atoms with E-state index in [1.807, 2.05) is 0 Å². The van der Waals surface area contributed by atoms with Crippen LogP contribution in [0.3, 0.4) is 0 Å². The number of hydrogen-bond acceptors (Lipinski definition) is 4. The molecule has 0 saturated carbocycles. The summed E-state index contributed by atoms with van der Waals surface area (Å²) in [6.07, 6.45) is 0.880. The van der Waals surface area contributed by atoms with Gasteiger partial charge in [-0.1, -0.05) is 13.3 Å². The van der Waals surface area contributed by atoms with Crippen molar-refractivity contribution in [2.24, 2.45) is 0 Å². The van der Waals surface area contributed by atoms with Gasteiger partial charge < -0.3 is 9.84 Å². The van der Waals surface area contributed by atoms with Gasteiger partial charge >= 0.3 is 5.97 Å². The number of carboxylic acids is 1. The van der Waals surface area contributed by atoms with Crippen molar-refractivity contribution >= 4 is 16.0 Å². The first-order chi connectivity index (χ1) is 6.93. The molecule has 0 saturated heterocycles. The molecule has 2 N–H and O–H groups in total. The van der Waals surface area contributed by atoms with Gasteiger partial charge in [-0.25, -0.2) is 13.1 Å². The van der Waals surface area contributed by atoms with Crippen LogP contribution in [-0.2, 0) is 19.6 Å². The van der Waals surface area contributed by atoms with Crippen LogP contribution in [0.1, 0.15) is 19.8 Å². The summed E-state index contributed by atoms with van der Waals surface area (Å²) in [5.41, 5.74) is 0. The molecule has 0 rings (SSSR count). The van der Waals surface area contributed by atoms with E-state index in [1.165, 1.54) is 7.11 Å². The first-order valence-electron chi connectivity index (χ1n) is 4.64. The Hall–Kier alpha value is -0.660. The predicted molar refractivity (Wildman–Crippen MR) is 55.1 cm³/mol. The van der Waals surface area contributed by atoms with Crippen LogP contribution in [0.5, 0.6) is 0 Å². The summed E-state index contributed by atoms with van der Waals surface area (Å²) in [4.78, 5) is 10.7. The molecule has 0 radical (unpaired) electrons. The lowest BCUT2D eigenvalue weighted by Crippen LogP contribution is -2.42. The number of carboxylic acid groups (broad SMARTS) is 1. The van der Waals surface area contributed by atoms with Gasteiger partial charge in [-0.2, -0.15) is 0 Å². The molecule has 0 aliphatic carbocycles. The number of hydrogen-bond donors (Lipinski definition) is 2. The third kappa shape index (κ3) is 6.43. The van der Waals surface area contributed by atoms with Crippen molar-refractivity contribution in [1.82, 2.24) is 4.72 Å². The highest BCUT2D eigenvalue weighted by molar-refractivity contribution is 7.89. The van der Waals surface area contributed by atoms with Gasteiger partial charge in [0.2, 0.25) is 10.0 Å². The molecule has 7 heteroatoms. The Morgan fingerprint density at radius 2 is 2.13 bits per heavy atom. The van der Waals surface area contributed by atoms with Crippen molar-refractivity contribution in [2.75, 3.05) is 19.5 Å². The molecule has 0 spiro atoms. The van der Waals surface area contributed by atoms with E-state index >= 15 is 0 Å². The lowest BCUT2D eigenvalue weighted by molar-refractivity contribution is -0.139. The second-order valence-electron chi connectivity index (χ2n) is 3.11. The van der Waals surface area contributed by atoms with E-state index in [2.05, 4.69) is 9.46 Å². The fourth-order valence-electron chi connectivity index (χ4n) is 0.990. The van der Waals surface area contributed by atoms with Gasteiger partial charge in [0.1, 0.15) is 6.04 Å². The summed E-state index contributed by atoms with van der Waals surface area (Å²) >= 11 is 0. The minimum absolute atomic E-state index is 0.0494. The average Bonchev–Trinajstić information content (AvgIpc) is 2.14. The van der Waals surface area contributed by atoms with Crippen LogP contribution in [0.15, 0.2) is 0 Å². The quantitative estimate of drug-likeness (QED) is 0.612. The maximum Gasteiger partial charge on any atom is 0.321 e. The number of nitrogens with one attached hydrogen (secondary N) is 1. The summed E-state index contributed by atoms with van der Waals surface area (Å²) < 4.78 is 29.4. The largest absolute Gasteiger partial charge is 0.480 e. The van der Waals surface area contributed by atoms with Crippen LogP contribution >= 0.6 is 0 Å². The Kier molecular flexibility index (Phi) is 6.46. The van der Waals surface area contributed by atoms with Crippen LogP contribution < -0.4 is 4.72 Å². The van der Waals surface area contributed by atoms with Crippen molar-refractivity contribution in [3.63, 3.8) is 0 Å². The van der Waals surface area contributed by atoms with Gasteiger partial charge in [-0.15, -0.1) is 0 Å². The molecule has 0 fully saturated rings. The molecule has 15 heavy (non-hydrogen) atoms. The Balaban J connectivity index is 4.32. The van der Waals surface area contributed by atoms with Crippen LogP contribution in [0.25, 0.3) is 0 Å². The number of ether oxygens (including phenoxy) is 1. The second-order valence-corrected chi connectivity index (χ2v) is 4.98. The fraction of sp³-hybridized carbons (Fsp3) is 0.875. The zero-order chi connectivity index (χ0) is 11.9. The van der Waals surface area contributed by atoms with Crippen molar-refractivity contribution in [1.29, 1.82) is 0 Å². The number of sulfonamides is 1. The van der Waals surface area contributed by atoms with Crippen LogP contribution in [0.4, 0.5) is 0 Å². The first-order valence-corrected chi connectivity index (χ1v) is 6.30. The lowest BCUT2D eigenvalue weighted by atomic mass is 10.2. The molecular formula is C8H17NO5S. The topological polar surface area (TPSA) is 92.7 Å². The summed E-state index contributed by atoms with van der Waals surface area (Å²) in [7, 11) is -2.18. The highest BCUT2D eigenvalue weighted by Crippen LogP contribution is 1.99. The third-order valence-corrected chi connectivity index (χ3v) is 3.10. The molecule has 0 bridgehead atoms. The first kappa shape index (κ1) is 14.3. The van der Waals surface area contributed by atoms with Crippen molar-refractivity contribution < 1.29 is 23.1 Å². The molecule has 6 nitrogen and oxygen atoms in total. The maximum atomic E-state index is 11.3. The molecule has 0 heterocycles. The smallest absolute Gasteiger partial charge is 0.321 e. The van der Waals surface area contributed by atoms with Crippen LogP contribution in [-0.4, -0.2) is 45.0 Å². The molecule has 0 aromatic rings. The summed E-state index contributed by atoms with van der Waals surface area (Å²) in [6, 6.07) is -1.04. The summed E-state index contributed by atoms with van der Waals surface area (Å²) in [6.45, 7) is 1.84. The van der Waals surface area contributed by atoms with Gasteiger partial charge in [-0.3, -0.25) is 4.79 Å². The Labute approximate surface area is 89.7 Å². The minimum atomic E-state index is -3.57. The monoisotopic (exact) mass is 239 g/mol.